The van der Waals surface area contributed by atoms with Gasteiger partial charge in [0.2, 0.25) is 0 Å². The van der Waals surface area contributed by atoms with Crippen LogP contribution in [0.2, 0.25) is 0 Å². The summed E-state index contributed by atoms with van der Waals surface area (Å²) >= 11 is 1.73. The van der Waals surface area contributed by atoms with Crippen LogP contribution in [-0.4, -0.2) is 23.1 Å². The summed E-state index contributed by atoms with van der Waals surface area (Å²) in [5, 5.41) is 5.47. The van der Waals surface area contributed by atoms with E-state index in [1.165, 1.54) is 16.8 Å². The Hall–Kier alpha value is -1.000. The predicted octanol–water partition coefficient (Wildman–Crippen LogP) is 2.87. The van der Waals surface area contributed by atoms with E-state index in [0.717, 1.165) is 11.9 Å². The Morgan fingerprint density at radius 3 is 2.88 bits per heavy atom. The van der Waals surface area contributed by atoms with Gasteiger partial charge in [-0.25, -0.2) is 9.97 Å². The standard InChI is InChI=1S/C13H19N3S/c1-9(2)6-10(14-3)7-12-13-11(4-5-17-13)15-8-16-12/h4-5,8-10,14H,6-7H2,1-3H3. The fourth-order valence-electron chi connectivity index (χ4n) is 2.09. The van der Waals surface area contributed by atoms with Crippen molar-refractivity contribution in [3.05, 3.63) is 23.5 Å². The van der Waals surface area contributed by atoms with E-state index >= 15 is 0 Å². The van der Waals surface area contributed by atoms with Gasteiger partial charge < -0.3 is 5.32 Å². The summed E-state index contributed by atoms with van der Waals surface area (Å²) < 4.78 is 1.23. The van der Waals surface area contributed by atoms with Crippen LogP contribution in [0.1, 0.15) is 26.0 Å². The monoisotopic (exact) mass is 249 g/mol. The summed E-state index contributed by atoms with van der Waals surface area (Å²) in [5.74, 6) is 0.702. The van der Waals surface area contributed by atoms with Gasteiger partial charge in [0.15, 0.2) is 0 Å². The van der Waals surface area contributed by atoms with Crippen molar-refractivity contribution in [2.24, 2.45) is 5.92 Å². The number of aromatic nitrogens is 2. The highest BCUT2D eigenvalue weighted by Gasteiger charge is 2.13. The molecule has 0 fully saturated rings. The van der Waals surface area contributed by atoms with Crippen molar-refractivity contribution < 1.29 is 0 Å². The molecule has 0 amide bonds. The molecule has 3 nitrogen and oxygen atoms in total. The number of nitrogens with zero attached hydrogens (tertiary/aromatic N) is 2. The molecule has 2 rings (SSSR count). The van der Waals surface area contributed by atoms with Crippen molar-refractivity contribution in [1.29, 1.82) is 0 Å². The van der Waals surface area contributed by atoms with Gasteiger partial charge in [0.05, 0.1) is 15.9 Å². The number of nitrogens with one attached hydrogen (secondary N) is 1. The lowest BCUT2D eigenvalue weighted by Gasteiger charge is -2.17. The van der Waals surface area contributed by atoms with Crippen molar-refractivity contribution in [3.63, 3.8) is 0 Å². The van der Waals surface area contributed by atoms with Gasteiger partial charge in [-0.3, -0.25) is 0 Å². The van der Waals surface area contributed by atoms with Gasteiger partial charge >= 0.3 is 0 Å². The third kappa shape index (κ3) is 3.01. The Morgan fingerprint density at radius 2 is 2.18 bits per heavy atom. The van der Waals surface area contributed by atoms with Crippen molar-refractivity contribution in [1.82, 2.24) is 15.3 Å². The second-order valence-electron chi connectivity index (χ2n) is 4.77. The lowest BCUT2D eigenvalue weighted by Crippen LogP contribution is -2.29. The first-order chi connectivity index (χ1) is 8.20. The van der Waals surface area contributed by atoms with Crippen LogP contribution in [0.15, 0.2) is 17.8 Å². The van der Waals surface area contributed by atoms with Gasteiger partial charge in [0.1, 0.15) is 6.33 Å². The zero-order valence-electron chi connectivity index (χ0n) is 10.6. The van der Waals surface area contributed by atoms with E-state index in [2.05, 4.69) is 40.6 Å². The van der Waals surface area contributed by atoms with Crippen LogP contribution in [0, 0.1) is 5.92 Å². The Morgan fingerprint density at radius 1 is 1.35 bits per heavy atom. The number of hydrogen-bond donors (Lipinski definition) is 1. The van der Waals surface area contributed by atoms with Gasteiger partial charge in [0.25, 0.3) is 0 Å². The summed E-state index contributed by atoms with van der Waals surface area (Å²) in [6.07, 6.45) is 3.83. The van der Waals surface area contributed by atoms with Gasteiger partial charge in [-0.05, 0) is 30.8 Å². The van der Waals surface area contributed by atoms with Crippen LogP contribution in [-0.2, 0) is 6.42 Å². The first-order valence-electron chi connectivity index (χ1n) is 6.05. The fraction of sp³-hybridized carbons (Fsp3) is 0.538. The normalized spacial score (nSPS) is 13.4. The highest BCUT2D eigenvalue weighted by molar-refractivity contribution is 7.17. The molecule has 17 heavy (non-hydrogen) atoms. The maximum Gasteiger partial charge on any atom is 0.116 e. The molecule has 0 spiro atoms. The van der Waals surface area contributed by atoms with Crippen LogP contribution in [0.4, 0.5) is 0 Å². The number of likely N-dealkylation sites (N-methyl/N-ethyl adjacent to an activating group) is 1. The molecule has 0 radical (unpaired) electrons. The van der Waals surface area contributed by atoms with Gasteiger partial charge in [-0.1, -0.05) is 13.8 Å². The first kappa shape index (κ1) is 12.5. The molecule has 0 aliphatic rings. The average molecular weight is 249 g/mol. The molecule has 0 bridgehead atoms. The summed E-state index contributed by atoms with van der Waals surface area (Å²) in [6, 6.07) is 2.55. The molecule has 92 valence electrons. The van der Waals surface area contributed by atoms with E-state index in [1.54, 1.807) is 17.7 Å². The van der Waals surface area contributed by atoms with E-state index in [0.29, 0.717) is 12.0 Å². The second-order valence-corrected chi connectivity index (χ2v) is 5.69. The molecule has 2 aromatic heterocycles. The second kappa shape index (κ2) is 5.56. The minimum absolute atomic E-state index is 0.496. The molecule has 1 N–H and O–H groups in total. The van der Waals surface area contributed by atoms with Crippen LogP contribution >= 0.6 is 11.3 Å². The van der Waals surface area contributed by atoms with E-state index in [4.69, 9.17) is 0 Å². The summed E-state index contributed by atoms with van der Waals surface area (Å²) in [7, 11) is 2.03. The van der Waals surface area contributed by atoms with Gasteiger partial charge in [-0.15, -0.1) is 11.3 Å². The van der Waals surface area contributed by atoms with E-state index in [-0.39, 0.29) is 0 Å². The number of fused-ring (bicyclic) bond motifs is 1. The van der Waals surface area contributed by atoms with E-state index < -0.39 is 0 Å². The van der Waals surface area contributed by atoms with Crippen LogP contribution in [0.3, 0.4) is 0 Å². The summed E-state index contributed by atoms with van der Waals surface area (Å²) in [4.78, 5) is 8.71. The van der Waals surface area contributed by atoms with Crippen LogP contribution < -0.4 is 5.32 Å². The first-order valence-corrected chi connectivity index (χ1v) is 6.93. The maximum absolute atomic E-state index is 4.43. The topological polar surface area (TPSA) is 37.8 Å². The molecule has 0 aliphatic heterocycles. The highest BCUT2D eigenvalue weighted by Crippen LogP contribution is 2.22. The minimum atomic E-state index is 0.496. The summed E-state index contributed by atoms with van der Waals surface area (Å²) in [6.45, 7) is 4.51. The largest absolute Gasteiger partial charge is 0.317 e. The molecule has 0 saturated carbocycles. The molecular formula is C13H19N3S. The highest BCUT2D eigenvalue weighted by atomic mass is 32.1. The van der Waals surface area contributed by atoms with Crippen LogP contribution in [0.25, 0.3) is 10.2 Å². The lowest BCUT2D eigenvalue weighted by atomic mass is 10.00. The molecule has 1 atom stereocenters. The zero-order valence-corrected chi connectivity index (χ0v) is 11.4. The molecule has 2 heterocycles. The molecule has 1 unspecified atom stereocenters. The van der Waals surface area contributed by atoms with Crippen molar-refractivity contribution in [2.45, 2.75) is 32.7 Å². The number of thiophene rings is 1. The third-order valence-corrected chi connectivity index (χ3v) is 3.87. The summed E-state index contributed by atoms with van der Waals surface area (Å²) in [5.41, 5.74) is 2.24. The van der Waals surface area contributed by atoms with Gasteiger partial charge in [-0.2, -0.15) is 0 Å². The molecule has 4 heteroatoms. The average Bonchev–Trinajstić information content (AvgIpc) is 2.76. The molecule has 0 aliphatic carbocycles. The van der Waals surface area contributed by atoms with Crippen molar-refractivity contribution >= 4 is 21.6 Å². The van der Waals surface area contributed by atoms with Crippen molar-refractivity contribution in [2.75, 3.05) is 7.05 Å². The molecular weight excluding hydrogens is 230 g/mol. The maximum atomic E-state index is 4.43. The Bertz CT molecular complexity index is 478. The zero-order chi connectivity index (χ0) is 12.3. The molecule has 2 aromatic rings. The molecule has 0 aromatic carbocycles. The number of hydrogen-bond acceptors (Lipinski definition) is 4. The van der Waals surface area contributed by atoms with E-state index in [1.807, 2.05) is 7.05 Å². The Balaban J connectivity index is 2.19. The smallest absolute Gasteiger partial charge is 0.116 e. The quantitative estimate of drug-likeness (QED) is 0.885. The fourth-order valence-corrected chi connectivity index (χ4v) is 2.94. The van der Waals surface area contributed by atoms with E-state index in [9.17, 15) is 0 Å². The van der Waals surface area contributed by atoms with Crippen LogP contribution in [0.5, 0.6) is 0 Å². The molecule has 0 saturated heterocycles. The third-order valence-electron chi connectivity index (χ3n) is 2.92. The Kier molecular flexibility index (Phi) is 4.07. The predicted molar refractivity (Wildman–Crippen MR) is 73.4 cm³/mol. The van der Waals surface area contributed by atoms with Gasteiger partial charge in [0, 0.05) is 12.5 Å². The minimum Gasteiger partial charge on any atom is -0.317 e. The Labute approximate surface area is 106 Å². The SMILES string of the molecule is CNC(Cc1ncnc2ccsc12)CC(C)C. The lowest BCUT2D eigenvalue weighted by molar-refractivity contribution is 0.439. The number of rotatable bonds is 5. The van der Waals surface area contributed by atoms with Crippen molar-refractivity contribution in [3.8, 4) is 0 Å².